The molecule has 162 valence electrons. The number of para-hydroxylation sites is 1. The largest absolute Gasteiger partial charge is 0.458 e. The summed E-state index contributed by atoms with van der Waals surface area (Å²) in [4.78, 5) is 25.0. The van der Waals surface area contributed by atoms with E-state index in [4.69, 9.17) is 9.47 Å². The third kappa shape index (κ3) is 5.95. The van der Waals surface area contributed by atoms with Gasteiger partial charge < -0.3 is 14.4 Å². The van der Waals surface area contributed by atoms with Gasteiger partial charge in [0.1, 0.15) is 13.2 Å². The summed E-state index contributed by atoms with van der Waals surface area (Å²) in [7, 11) is 0. The Kier molecular flexibility index (Phi) is 7.60. The van der Waals surface area contributed by atoms with Crippen LogP contribution in [0, 0.1) is 0 Å². The number of nitrogens with zero attached hydrogens (tertiary/aromatic N) is 1. The van der Waals surface area contributed by atoms with Gasteiger partial charge in [0, 0.05) is 28.7 Å². The van der Waals surface area contributed by atoms with E-state index in [1.54, 1.807) is 6.92 Å². The summed E-state index contributed by atoms with van der Waals surface area (Å²) in [5.74, 6) is -0.854. The lowest BCUT2D eigenvalue weighted by atomic mass is 10.1. The number of rotatable bonds is 9. The van der Waals surface area contributed by atoms with Gasteiger partial charge in [-0.2, -0.15) is 0 Å². The van der Waals surface area contributed by atoms with E-state index in [9.17, 15) is 9.59 Å². The van der Waals surface area contributed by atoms with Crippen LogP contribution in [0.5, 0.6) is 0 Å². The van der Waals surface area contributed by atoms with Crippen LogP contribution in [0.15, 0.2) is 104 Å². The van der Waals surface area contributed by atoms with E-state index in [1.807, 2.05) is 78.9 Å². The van der Waals surface area contributed by atoms with Crippen LogP contribution in [0.2, 0.25) is 0 Å². The van der Waals surface area contributed by atoms with Gasteiger partial charge in [-0.05, 0) is 54.4 Å². The number of carbonyl (C=O) groups excluding carboxylic acids is 2. The first-order valence-electron chi connectivity index (χ1n) is 10.1. The van der Waals surface area contributed by atoms with Gasteiger partial charge in [-0.3, -0.25) is 0 Å². The molecule has 0 saturated heterocycles. The van der Waals surface area contributed by atoms with Crippen LogP contribution in [0.1, 0.15) is 18.1 Å². The second kappa shape index (κ2) is 10.8. The number of anilines is 3. The summed E-state index contributed by atoms with van der Waals surface area (Å²) >= 11 is 0. The Bertz CT molecular complexity index is 1090. The Labute approximate surface area is 188 Å². The van der Waals surface area contributed by atoms with Crippen molar-refractivity contribution >= 4 is 29.0 Å². The van der Waals surface area contributed by atoms with Crippen LogP contribution in [-0.4, -0.2) is 11.9 Å². The van der Waals surface area contributed by atoms with Crippen LogP contribution in [-0.2, 0) is 32.3 Å². The van der Waals surface area contributed by atoms with E-state index in [0.29, 0.717) is 5.57 Å². The number of carbonyl (C=O) groups is 2. The maximum Gasteiger partial charge on any atom is 0.333 e. The predicted octanol–water partition coefficient (Wildman–Crippen LogP) is 6.00. The number of hydrogen-bond donors (Lipinski definition) is 0. The van der Waals surface area contributed by atoms with E-state index in [1.165, 1.54) is 0 Å². The zero-order chi connectivity index (χ0) is 22.9. The first-order chi connectivity index (χ1) is 15.5. The molecule has 0 N–H and O–H groups in total. The molecule has 0 radical (unpaired) electrons. The molecule has 0 aliphatic rings. The Morgan fingerprint density at radius 1 is 0.781 bits per heavy atom. The van der Waals surface area contributed by atoms with Crippen molar-refractivity contribution < 1.29 is 19.1 Å². The number of esters is 2. The molecule has 0 unspecified atom stereocenters. The van der Waals surface area contributed by atoms with Crippen LogP contribution in [0.3, 0.4) is 0 Å². The fourth-order valence-electron chi connectivity index (χ4n) is 2.99. The van der Waals surface area contributed by atoms with E-state index in [0.717, 1.165) is 34.3 Å². The molecule has 0 aromatic heterocycles. The van der Waals surface area contributed by atoms with E-state index < -0.39 is 11.9 Å². The average Bonchev–Trinajstić information content (AvgIpc) is 2.83. The molecule has 3 aromatic rings. The molecule has 0 aliphatic heterocycles. The molecule has 0 amide bonds. The Hall–Kier alpha value is -4.12. The molecule has 5 nitrogen and oxygen atoms in total. The smallest absolute Gasteiger partial charge is 0.333 e. The van der Waals surface area contributed by atoms with Crippen molar-refractivity contribution in [3.63, 3.8) is 0 Å². The molecule has 3 rings (SSSR count). The van der Waals surface area contributed by atoms with Crippen LogP contribution in [0.4, 0.5) is 17.1 Å². The van der Waals surface area contributed by atoms with E-state index in [2.05, 4.69) is 18.1 Å². The standard InChI is InChI=1S/C27H25NO4/c1-4-26(29)31-18-21-10-14-24(15-11-21)28(23-8-6-5-7-9-23)25-16-12-22(13-17-25)19-32-27(30)20(2)3/h4-17H,1-2,18-19H2,3H3. The second-order valence-corrected chi connectivity index (χ2v) is 7.17. The molecule has 3 aromatic carbocycles. The van der Waals surface area contributed by atoms with Gasteiger partial charge in [-0.1, -0.05) is 55.6 Å². The summed E-state index contributed by atoms with van der Waals surface area (Å²) < 4.78 is 10.3. The molecule has 0 bridgehead atoms. The van der Waals surface area contributed by atoms with Gasteiger partial charge in [0.05, 0.1) is 0 Å². The SMILES string of the molecule is C=CC(=O)OCc1ccc(N(c2ccccc2)c2ccc(COC(=O)C(=C)C)cc2)cc1. The molecular weight excluding hydrogens is 402 g/mol. The van der Waals surface area contributed by atoms with Crippen molar-refractivity contribution in [1.29, 1.82) is 0 Å². The summed E-state index contributed by atoms with van der Waals surface area (Å²) in [5.41, 5.74) is 5.05. The topological polar surface area (TPSA) is 55.8 Å². The second-order valence-electron chi connectivity index (χ2n) is 7.17. The lowest BCUT2D eigenvalue weighted by molar-refractivity contribution is -0.140. The van der Waals surface area contributed by atoms with Crippen molar-refractivity contribution in [3.8, 4) is 0 Å². The maximum absolute atomic E-state index is 11.6. The minimum atomic E-state index is -0.450. The zero-order valence-corrected chi connectivity index (χ0v) is 18.0. The highest BCUT2D eigenvalue weighted by molar-refractivity contribution is 5.87. The molecule has 0 spiro atoms. The van der Waals surface area contributed by atoms with Crippen molar-refractivity contribution in [3.05, 3.63) is 115 Å². The predicted molar refractivity (Wildman–Crippen MR) is 126 cm³/mol. The molecule has 0 fully saturated rings. The molecule has 0 aliphatic carbocycles. The maximum atomic E-state index is 11.6. The fraction of sp³-hybridized carbons (Fsp3) is 0.111. The normalized spacial score (nSPS) is 10.2. The first kappa shape index (κ1) is 22.6. The van der Waals surface area contributed by atoms with Crippen molar-refractivity contribution in [2.45, 2.75) is 20.1 Å². The minimum Gasteiger partial charge on any atom is -0.458 e. The molecule has 0 atom stereocenters. The van der Waals surface area contributed by atoms with Crippen LogP contribution >= 0.6 is 0 Å². The molecule has 0 saturated carbocycles. The summed E-state index contributed by atoms with van der Waals surface area (Å²) in [5, 5.41) is 0. The van der Waals surface area contributed by atoms with Crippen molar-refractivity contribution in [2.75, 3.05) is 4.90 Å². The number of ether oxygens (including phenoxy) is 2. The lowest BCUT2D eigenvalue weighted by Gasteiger charge is -2.25. The molecular formula is C27H25NO4. The Balaban J connectivity index is 1.82. The van der Waals surface area contributed by atoms with Crippen LogP contribution in [0.25, 0.3) is 0 Å². The summed E-state index contributed by atoms with van der Waals surface area (Å²) in [6.45, 7) is 9.00. The average molecular weight is 428 g/mol. The van der Waals surface area contributed by atoms with E-state index >= 15 is 0 Å². The fourth-order valence-corrected chi connectivity index (χ4v) is 2.99. The van der Waals surface area contributed by atoms with Gasteiger partial charge in [0.2, 0.25) is 0 Å². The summed E-state index contributed by atoms with van der Waals surface area (Å²) in [6, 6.07) is 25.6. The molecule has 5 heteroatoms. The quantitative estimate of drug-likeness (QED) is 0.309. The van der Waals surface area contributed by atoms with Gasteiger partial charge >= 0.3 is 11.9 Å². The van der Waals surface area contributed by atoms with Gasteiger partial charge in [0.15, 0.2) is 0 Å². The summed E-state index contributed by atoms with van der Waals surface area (Å²) in [6.07, 6.45) is 1.15. The Morgan fingerprint density at radius 2 is 1.25 bits per heavy atom. The number of hydrogen-bond acceptors (Lipinski definition) is 5. The highest BCUT2D eigenvalue weighted by atomic mass is 16.5. The van der Waals surface area contributed by atoms with Gasteiger partial charge in [-0.15, -0.1) is 0 Å². The highest BCUT2D eigenvalue weighted by Crippen LogP contribution is 2.34. The lowest BCUT2D eigenvalue weighted by Crippen LogP contribution is -2.10. The number of benzene rings is 3. The van der Waals surface area contributed by atoms with Crippen LogP contribution < -0.4 is 4.90 Å². The third-order valence-electron chi connectivity index (χ3n) is 4.67. The molecule has 32 heavy (non-hydrogen) atoms. The monoisotopic (exact) mass is 427 g/mol. The van der Waals surface area contributed by atoms with Crippen molar-refractivity contribution in [1.82, 2.24) is 0 Å². The Morgan fingerprint density at radius 3 is 1.72 bits per heavy atom. The van der Waals surface area contributed by atoms with Crippen molar-refractivity contribution in [2.24, 2.45) is 0 Å². The third-order valence-corrected chi connectivity index (χ3v) is 4.67. The molecule has 0 heterocycles. The van der Waals surface area contributed by atoms with Gasteiger partial charge in [-0.25, -0.2) is 9.59 Å². The minimum absolute atomic E-state index is 0.189. The zero-order valence-electron chi connectivity index (χ0n) is 18.0. The van der Waals surface area contributed by atoms with Gasteiger partial charge in [0.25, 0.3) is 0 Å². The first-order valence-corrected chi connectivity index (χ1v) is 10.1. The van der Waals surface area contributed by atoms with E-state index in [-0.39, 0.29) is 13.2 Å². The highest BCUT2D eigenvalue weighted by Gasteiger charge is 2.13.